The third-order valence-corrected chi connectivity index (χ3v) is 4.86. The number of methoxy groups -OCH3 is 4. The number of carbonyl (C=O) groups is 1. The van der Waals surface area contributed by atoms with E-state index in [9.17, 15) is 9.90 Å². The van der Waals surface area contributed by atoms with E-state index < -0.39 is 0 Å². The Kier molecular flexibility index (Phi) is 7.70. The molecule has 0 atom stereocenters. The number of allylic oxidation sites excluding steroid dienone is 1. The minimum absolute atomic E-state index is 0.112. The summed E-state index contributed by atoms with van der Waals surface area (Å²) in [7, 11) is 6.12. The average Bonchev–Trinajstić information content (AvgIpc) is 2.85. The number of nitrogens with zero attached hydrogens (tertiary/aromatic N) is 1. The van der Waals surface area contributed by atoms with Crippen LogP contribution < -0.4 is 18.9 Å². The molecule has 0 aliphatic carbocycles. The number of phenols is 1. The van der Waals surface area contributed by atoms with E-state index in [0.29, 0.717) is 45.4 Å². The number of para-hydroxylation sites is 1. The first-order valence-electron chi connectivity index (χ1n) is 10.0. The highest BCUT2D eigenvalue weighted by atomic mass is 16.5. The smallest absolute Gasteiger partial charge is 0.203 e. The Bertz CT molecular complexity index is 1170. The molecule has 0 saturated carbocycles. The van der Waals surface area contributed by atoms with E-state index in [-0.39, 0.29) is 11.5 Å². The van der Waals surface area contributed by atoms with Gasteiger partial charge in [0.2, 0.25) is 5.75 Å². The van der Waals surface area contributed by atoms with Gasteiger partial charge in [0, 0.05) is 17.3 Å². The number of benzene rings is 3. The van der Waals surface area contributed by atoms with Crippen LogP contribution in [0.15, 0.2) is 65.7 Å². The summed E-state index contributed by atoms with van der Waals surface area (Å²) in [6.45, 7) is 0. The first kappa shape index (κ1) is 23.4. The minimum Gasteiger partial charge on any atom is -0.507 e. The maximum atomic E-state index is 12.8. The molecule has 7 nitrogen and oxygen atoms in total. The van der Waals surface area contributed by atoms with E-state index in [1.54, 1.807) is 60.7 Å². The molecule has 0 spiro atoms. The number of rotatable bonds is 9. The normalized spacial score (nSPS) is 11.0. The zero-order valence-electron chi connectivity index (χ0n) is 18.9. The second-order valence-corrected chi connectivity index (χ2v) is 6.86. The van der Waals surface area contributed by atoms with Crippen LogP contribution in [0.4, 0.5) is 5.69 Å². The molecule has 3 rings (SSSR count). The molecule has 0 aliphatic heterocycles. The molecule has 0 aliphatic rings. The van der Waals surface area contributed by atoms with Gasteiger partial charge in [-0.25, -0.2) is 0 Å². The van der Waals surface area contributed by atoms with Crippen molar-refractivity contribution in [2.75, 3.05) is 28.4 Å². The van der Waals surface area contributed by atoms with Crippen molar-refractivity contribution in [2.45, 2.75) is 0 Å². The third kappa shape index (κ3) is 5.51. The van der Waals surface area contributed by atoms with E-state index in [1.165, 1.54) is 40.7 Å². The van der Waals surface area contributed by atoms with Gasteiger partial charge in [-0.05, 0) is 54.1 Å². The zero-order chi connectivity index (χ0) is 23.8. The van der Waals surface area contributed by atoms with E-state index >= 15 is 0 Å². The Morgan fingerprint density at radius 3 is 2.12 bits per heavy atom. The molecule has 33 heavy (non-hydrogen) atoms. The lowest BCUT2D eigenvalue weighted by molar-refractivity contribution is 0.104. The van der Waals surface area contributed by atoms with Crippen LogP contribution in [0, 0.1) is 0 Å². The molecule has 0 saturated heterocycles. The molecule has 3 aromatic carbocycles. The van der Waals surface area contributed by atoms with Gasteiger partial charge in [-0.2, -0.15) is 0 Å². The van der Waals surface area contributed by atoms with Crippen LogP contribution in [-0.4, -0.2) is 45.5 Å². The van der Waals surface area contributed by atoms with Crippen molar-refractivity contribution in [1.29, 1.82) is 0 Å². The largest absolute Gasteiger partial charge is 0.507 e. The summed E-state index contributed by atoms with van der Waals surface area (Å²) in [5.74, 6) is 1.87. The topological polar surface area (TPSA) is 86.6 Å². The number of ether oxygens (including phenoxy) is 4. The van der Waals surface area contributed by atoms with Gasteiger partial charge in [-0.15, -0.1) is 0 Å². The maximum absolute atomic E-state index is 12.8. The highest BCUT2D eigenvalue weighted by molar-refractivity contribution is 6.07. The van der Waals surface area contributed by atoms with Gasteiger partial charge in [-0.3, -0.25) is 9.79 Å². The molecular weight excluding hydrogens is 422 g/mol. The van der Waals surface area contributed by atoms with Crippen LogP contribution in [0.5, 0.6) is 28.7 Å². The Hall–Kier alpha value is -4.26. The van der Waals surface area contributed by atoms with Gasteiger partial charge in [0.25, 0.3) is 0 Å². The van der Waals surface area contributed by atoms with Crippen LogP contribution >= 0.6 is 0 Å². The molecule has 1 N–H and O–H groups in total. The first-order chi connectivity index (χ1) is 16.0. The fraction of sp³-hybridized carbons (Fsp3) is 0.154. The summed E-state index contributed by atoms with van der Waals surface area (Å²) in [6, 6.07) is 15.3. The summed E-state index contributed by atoms with van der Waals surface area (Å²) in [5.41, 5.74) is 2.17. The molecule has 0 amide bonds. The SMILES string of the molecule is COc1ccc(C(=O)/C=C/c2cc(OC)c(OC)c(OC)c2)cc1N=Cc1ccccc1O. The fourth-order valence-electron chi connectivity index (χ4n) is 3.15. The Labute approximate surface area is 192 Å². The molecule has 0 bridgehead atoms. The zero-order valence-corrected chi connectivity index (χ0v) is 18.9. The Morgan fingerprint density at radius 1 is 0.848 bits per heavy atom. The summed E-state index contributed by atoms with van der Waals surface area (Å²) in [5, 5.41) is 9.93. The first-order valence-corrected chi connectivity index (χ1v) is 10.0. The monoisotopic (exact) mass is 447 g/mol. The van der Waals surface area contributed by atoms with E-state index in [0.717, 1.165) is 0 Å². The van der Waals surface area contributed by atoms with Crippen molar-refractivity contribution in [3.63, 3.8) is 0 Å². The summed E-state index contributed by atoms with van der Waals surface area (Å²) in [4.78, 5) is 17.2. The van der Waals surface area contributed by atoms with Crippen molar-refractivity contribution in [1.82, 2.24) is 0 Å². The number of hydrogen-bond acceptors (Lipinski definition) is 7. The van der Waals surface area contributed by atoms with E-state index in [4.69, 9.17) is 18.9 Å². The Balaban J connectivity index is 1.88. The second kappa shape index (κ2) is 10.9. The highest BCUT2D eigenvalue weighted by Crippen LogP contribution is 2.38. The minimum atomic E-state index is -0.217. The molecule has 3 aromatic rings. The number of ketones is 1. The second-order valence-electron chi connectivity index (χ2n) is 6.86. The fourth-order valence-corrected chi connectivity index (χ4v) is 3.15. The predicted octanol–water partition coefficient (Wildman–Crippen LogP) is 5.07. The van der Waals surface area contributed by atoms with Crippen LogP contribution in [0.25, 0.3) is 6.08 Å². The lowest BCUT2D eigenvalue weighted by Gasteiger charge is -2.12. The van der Waals surface area contributed by atoms with Crippen molar-refractivity contribution in [3.05, 3.63) is 77.4 Å². The van der Waals surface area contributed by atoms with Crippen molar-refractivity contribution >= 4 is 23.8 Å². The van der Waals surface area contributed by atoms with Crippen LogP contribution in [0.3, 0.4) is 0 Å². The van der Waals surface area contributed by atoms with Gasteiger partial charge >= 0.3 is 0 Å². The molecular formula is C26H25NO6. The number of hydrogen-bond donors (Lipinski definition) is 1. The van der Waals surface area contributed by atoms with Crippen LogP contribution in [0.2, 0.25) is 0 Å². The van der Waals surface area contributed by atoms with Crippen molar-refractivity contribution in [2.24, 2.45) is 4.99 Å². The molecule has 0 fully saturated rings. The van der Waals surface area contributed by atoms with Gasteiger partial charge in [0.15, 0.2) is 17.3 Å². The van der Waals surface area contributed by atoms with Crippen molar-refractivity contribution < 1.29 is 28.8 Å². The molecule has 0 heterocycles. The summed E-state index contributed by atoms with van der Waals surface area (Å²) in [6.07, 6.45) is 4.65. The van der Waals surface area contributed by atoms with Gasteiger partial charge in [0.05, 0.1) is 28.4 Å². The average molecular weight is 447 g/mol. The quantitative estimate of drug-likeness (QED) is 0.280. The van der Waals surface area contributed by atoms with E-state index in [2.05, 4.69) is 4.99 Å². The molecule has 170 valence electrons. The third-order valence-electron chi connectivity index (χ3n) is 4.86. The van der Waals surface area contributed by atoms with Gasteiger partial charge in [0.1, 0.15) is 17.2 Å². The number of aromatic hydroxyl groups is 1. The predicted molar refractivity (Wildman–Crippen MR) is 128 cm³/mol. The summed E-state index contributed by atoms with van der Waals surface area (Å²) >= 11 is 0. The van der Waals surface area contributed by atoms with Gasteiger partial charge in [-0.1, -0.05) is 18.2 Å². The van der Waals surface area contributed by atoms with Gasteiger partial charge < -0.3 is 24.1 Å². The molecule has 0 unspecified atom stereocenters. The molecule has 7 heteroatoms. The lowest BCUT2D eigenvalue weighted by atomic mass is 10.1. The lowest BCUT2D eigenvalue weighted by Crippen LogP contribution is -1.97. The number of carbonyl (C=O) groups excluding carboxylic acids is 1. The standard InChI is InChI=1S/C26H25NO6/c1-30-23-12-10-18(15-20(23)27-16-19-7-5-6-8-21(19)28)22(29)11-9-17-13-24(31-2)26(33-4)25(14-17)32-3/h5-16,28H,1-4H3/b11-9+,27-16?. The van der Waals surface area contributed by atoms with Crippen molar-refractivity contribution in [3.8, 4) is 28.7 Å². The van der Waals surface area contributed by atoms with E-state index in [1.807, 2.05) is 0 Å². The Morgan fingerprint density at radius 2 is 1.52 bits per heavy atom. The number of phenolic OH excluding ortho intramolecular Hbond substituents is 1. The number of aliphatic imine (C=N–C) groups is 1. The van der Waals surface area contributed by atoms with Crippen LogP contribution in [0.1, 0.15) is 21.5 Å². The summed E-state index contributed by atoms with van der Waals surface area (Å²) < 4.78 is 21.4. The van der Waals surface area contributed by atoms with Crippen LogP contribution in [-0.2, 0) is 0 Å². The molecule has 0 radical (unpaired) electrons. The molecule has 0 aromatic heterocycles. The maximum Gasteiger partial charge on any atom is 0.203 e. The highest BCUT2D eigenvalue weighted by Gasteiger charge is 2.13.